The van der Waals surface area contributed by atoms with Crippen LogP contribution in [-0.4, -0.2) is 31.1 Å². The van der Waals surface area contributed by atoms with E-state index in [1.165, 1.54) is 41.5 Å². The molecule has 1 atom stereocenters. The van der Waals surface area contributed by atoms with E-state index in [0.29, 0.717) is 6.04 Å². The molecule has 0 bridgehead atoms. The topological polar surface area (TPSA) is 15.3 Å². The Kier molecular flexibility index (Phi) is 4.16. The Balaban J connectivity index is 1.79. The van der Waals surface area contributed by atoms with E-state index >= 15 is 0 Å². The van der Waals surface area contributed by atoms with E-state index in [0.717, 1.165) is 13.1 Å². The Labute approximate surface area is 119 Å². The number of benzene rings is 1. The Morgan fingerprint density at radius 1 is 1.32 bits per heavy atom. The molecule has 1 unspecified atom stereocenters. The van der Waals surface area contributed by atoms with Gasteiger partial charge in [-0.25, -0.2) is 0 Å². The molecule has 3 rings (SSSR count). The van der Waals surface area contributed by atoms with Gasteiger partial charge in [0, 0.05) is 23.8 Å². The first-order valence-corrected chi connectivity index (χ1v) is 8.10. The van der Waals surface area contributed by atoms with Gasteiger partial charge in [-0.2, -0.15) is 0 Å². The molecular weight excluding hydrogens is 252 g/mol. The smallest absolute Gasteiger partial charge is 0.0346 e. The maximum Gasteiger partial charge on any atom is 0.0346 e. The minimum Gasteiger partial charge on any atom is -0.318 e. The molecule has 1 aromatic carbocycles. The third-order valence-electron chi connectivity index (χ3n) is 4.12. The van der Waals surface area contributed by atoms with Crippen LogP contribution in [0, 0.1) is 0 Å². The first-order valence-electron chi connectivity index (χ1n) is 7.22. The van der Waals surface area contributed by atoms with Crippen molar-refractivity contribution in [3.63, 3.8) is 0 Å². The molecule has 2 heterocycles. The van der Waals surface area contributed by atoms with Crippen molar-refractivity contribution in [3.8, 4) is 0 Å². The van der Waals surface area contributed by atoms with Crippen LogP contribution >= 0.6 is 11.3 Å². The molecule has 2 nitrogen and oxygen atoms in total. The maximum absolute atomic E-state index is 3.35. The van der Waals surface area contributed by atoms with Gasteiger partial charge in [0.2, 0.25) is 0 Å². The standard InChI is InChI=1S/C16H22N2S/c1-17-10-14-6-4-5-9-18(14)11-13-12-19-16-8-3-2-7-15(13)16/h2-3,7-8,12,14,17H,4-6,9-11H2,1H3. The van der Waals surface area contributed by atoms with Crippen molar-refractivity contribution in [2.75, 3.05) is 20.1 Å². The number of thiophene rings is 1. The first kappa shape index (κ1) is 13.1. The number of likely N-dealkylation sites (tertiary alicyclic amines) is 1. The molecule has 3 heteroatoms. The summed E-state index contributed by atoms with van der Waals surface area (Å²) in [6.07, 6.45) is 4.07. The molecule has 0 amide bonds. The number of nitrogens with zero attached hydrogens (tertiary/aromatic N) is 1. The third-order valence-corrected chi connectivity index (χ3v) is 5.14. The minimum absolute atomic E-state index is 0.706. The van der Waals surface area contributed by atoms with Crippen molar-refractivity contribution in [1.29, 1.82) is 0 Å². The van der Waals surface area contributed by atoms with Crippen molar-refractivity contribution in [3.05, 3.63) is 35.2 Å². The molecule has 102 valence electrons. The number of nitrogens with one attached hydrogen (secondary N) is 1. The van der Waals surface area contributed by atoms with Gasteiger partial charge in [-0.1, -0.05) is 24.6 Å². The lowest BCUT2D eigenvalue weighted by Gasteiger charge is -2.35. The summed E-state index contributed by atoms with van der Waals surface area (Å²) in [7, 11) is 2.06. The molecule has 2 aromatic rings. The van der Waals surface area contributed by atoms with E-state index in [-0.39, 0.29) is 0 Å². The lowest BCUT2D eigenvalue weighted by molar-refractivity contribution is 0.140. The summed E-state index contributed by atoms with van der Waals surface area (Å²) >= 11 is 1.87. The second kappa shape index (κ2) is 6.04. The summed E-state index contributed by atoms with van der Waals surface area (Å²) in [5, 5.41) is 7.13. The van der Waals surface area contributed by atoms with Gasteiger partial charge in [-0.3, -0.25) is 4.90 Å². The van der Waals surface area contributed by atoms with Crippen LogP contribution in [0.4, 0.5) is 0 Å². The van der Waals surface area contributed by atoms with Gasteiger partial charge in [0.25, 0.3) is 0 Å². The van der Waals surface area contributed by atoms with Gasteiger partial charge >= 0.3 is 0 Å². The van der Waals surface area contributed by atoms with Gasteiger partial charge in [0.15, 0.2) is 0 Å². The van der Waals surface area contributed by atoms with E-state index in [2.05, 4.69) is 46.9 Å². The van der Waals surface area contributed by atoms with Gasteiger partial charge < -0.3 is 5.32 Å². The number of hydrogen-bond acceptors (Lipinski definition) is 3. The van der Waals surface area contributed by atoms with E-state index in [9.17, 15) is 0 Å². The summed E-state index contributed by atoms with van der Waals surface area (Å²) in [6.45, 7) is 3.47. The van der Waals surface area contributed by atoms with Crippen LogP contribution in [-0.2, 0) is 6.54 Å². The highest BCUT2D eigenvalue weighted by molar-refractivity contribution is 7.17. The lowest BCUT2D eigenvalue weighted by atomic mass is 10.0. The number of fused-ring (bicyclic) bond motifs is 1. The average molecular weight is 274 g/mol. The van der Waals surface area contributed by atoms with Crippen molar-refractivity contribution in [1.82, 2.24) is 10.2 Å². The van der Waals surface area contributed by atoms with Crippen LogP contribution < -0.4 is 5.32 Å². The largest absolute Gasteiger partial charge is 0.318 e. The van der Waals surface area contributed by atoms with Crippen LogP contribution in [0.15, 0.2) is 29.6 Å². The molecule has 1 aliphatic rings. The monoisotopic (exact) mass is 274 g/mol. The molecule has 0 radical (unpaired) electrons. The van der Waals surface area contributed by atoms with Crippen molar-refractivity contribution < 1.29 is 0 Å². The molecule has 0 spiro atoms. The SMILES string of the molecule is CNCC1CCCCN1Cc1csc2ccccc12. The van der Waals surface area contributed by atoms with Crippen LogP contribution in [0.1, 0.15) is 24.8 Å². The Bertz CT molecular complexity index is 532. The summed E-state index contributed by atoms with van der Waals surface area (Å²) in [6, 6.07) is 9.48. The highest BCUT2D eigenvalue weighted by atomic mass is 32.1. The Hall–Kier alpha value is -0.900. The van der Waals surface area contributed by atoms with Gasteiger partial charge in [-0.05, 0) is 48.8 Å². The van der Waals surface area contributed by atoms with E-state index in [4.69, 9.17) is 0 Å². The molecule has 1 aliphatic heterocycles. The number of likely N-dealkylation sites (N-methyl/N-ethyl adjacent to an activating group) is 1. The van der Waals surface area contributed by atoms with E-state index in [1.54, 1.807) is 0 Å². The fraction of sp³-hybridized carbons (Fsp3) is 0.500. The molecule has 0 aliphatic carbocycles. The quantitative estimate of drug-likeness (QED) is 0.918. The second-order valence-electron chi connectivity index (χ2n) is 5.43. The summed E-state index contributed by atoms with van der Waals surface area (Å²) in [4.78, 5) is 2.66. The van der Waals surface area contributed by atoms with Crippen molar-refractivity contribution in [2.45, 2.75) is 31.8 Å². The summed E-state index contributed by atoms with van der Waals surface area (Å²) in [5.41, 5.74) is 1.50. The fourth-order valence-corrected chi connectivity index (χ4v) is 4.06. The van der Waals surface area contributed by atoms with Crippen LogP contribution in [0.25, 0.3) is 10.1 Å². The van der Waals surface area contributed by atoms with Crippen LogP contribution in [0.5, 0.6) is 0 Å². The molecule has 1 aromatic heterocycles. The van der Waals surface area contributed by atoms with E-state index < -0.39 is 0 Å². The van der Waals surface area contributed by atoms with Crippen LogP contribution in [0.2, 0.25) is 0 Å². The maximum atomic E-state index is 3.35. The molecule has 1 N–H and O–H groups in total. The van der Waals surface area contributed by atoms with Gasteiger partial charge in [0.1, 0.15) is 0 Å². The second-order valence-corrected chi connectivity index (χ2v) is 6.35. The molecule has 1 saturated heterocycles. The number of hydrogen-bond donors (Lipinski definition) is 1. The van der Waals surface area contributed by atoms with Gasteiger partial charge in [0.05, 0.1) is 0 Å². The summed E-state index contributed by atoms with van der Waals surface area (Å²) in [5.74, 6) is 0. The molecular formula is C16H22N2S. The molecule has 0 saturated carbocycles. The average Bonchev–Trinajstić information content (AvgIpc) is 2.85. The lowest BCUT2D eigenvalue weighted by Crippen LogP contribution is -2.44. The zero-order chi connectivity index (χ0) is 13.1. The molecule has 1 fully saturated rings. The first-order chi connectivity index (χ1) is 9.38. The third kappa shape index (κ3) is 2.83. The predicted molar refractivity (Wildman–Crippen MR) is 83.8 cm³/mol. The zero-order valence-corrected chi connectivity index (χ0v) is 12.4. The Morgan fingerprint density at radius 2 is 2.21 bits per heavy atom. The fourth-order valence-electron chi connectivity index (χ4n) is 3.11. The predicted octanol–water partition coefficient (Wildman–Crippen LogP) is 3.48. The number of rotatable bonds is 4. The van der Waals surface area contributed by atoms with Crippen molar-refractivity contribution >= 4 is 21.4 Å². The van der Waals surface area contributed by atoms with Gasteiger partial charge in [-0.15, -0.1) is 11.3 Å². The van der Waals surface area contributed by atoms with Crippen LogP contribution in [0.3, 0.4) is 0 Å². The Morgan fingerprint density at radius 3 is 3.11 bits per heavy atom. The highest BCUT2D eigenvalue weighted by Gasteiger charge is 2.22. The van der Waals surface area contributed by atoms with E-state index in [1.807, 2.05) is 11.3 Å². The zero-order valence-electron chi connectivity index (χ0n) is 11.6. The summed E-state index contributed by atoms with van der Waals surface area (Å²) < 4.78 is 1.42. The number of piperidine rings is 1. The van der Waals surface area contributed by atoms with Crippen molar-refractivity contribution in [2.24, 2.45) is 0 Å². The molecule has 19 heavy (non-hydrogen) atoms. The minimum atomic E-state index is 0.706. The normalized spacial score (nSPS) is 21.0. The highest BCUT2D eigenvalue weighted by Crippen LogP contribution is 2.28.